The van der Waals surface area contributed by atoms with E-state index in [1.54, 1.807) is 6.26 Å². The van der Waals surface area contributed by atoms with Gasteiger partial charge in [0.15, 0.2) is 0 Å². The van der Waals surface area contributed by atoms with Gasteiger partial charge in [0.05, 0.1) is 19.1 Å². The van der Waals surface area contributed by atoms with Gasteiger partial charge in [0.25, 0.3) is 0 Å². The van der Waals surface area contributed by atoms with E-state index in [4.69, 9.17) is 9.15 Å². The van der Waals surface area contributed by atoms with Crippen molar-refractivity contribution in [1.82, 2.24) is 5.32 Å². The number of hydrogen-bond acceptors (Lipinski definition) is 3. The van der Waals surface area contributed by atoms with E-state index < -0.39 is 0 Å². The number of furan rings is 1. The largest absolute Gasteiger partial charge is 0.494 e. The topological polar surface area (TPSA) is 34.4 Å². The Morgan fingerprint density at radius 1 is 1.14 bits per heavy atom. The summed E-state index contributed by atoms with van der Waals surface area (Å²) >= 11 is 0. The third kappa shape index (κ3) is 4.94. The second kappa shape index (κ2) is 8.53. The van der Waals surface area contributed by atoms with Crippen LogP contribution in [0.1, 0.15) is 43.9 Å². The zero-order chi connectivity index (χ0) is 14.9. The first kappa shape index (κ1) is 15.6. The van der Waals surface area contributed by atoms with Gasteiger partial charge in [-0.3, -0.25) is 0 Å². The number of nitrogens with one attached hydrogen (secondary N) is 1. The Balaban J connectivity index is 1.99. The molecule has 0 amide bonds. The first-order chi connectivity index (χ1) is 10.3. The Hall–Kier alpha value is -1.74. The lowest BCUT2D eigenvalue weighted by Gasteiger charge is -2.18. The van der Waals surface area contributed by atoms with Gasteiger partial charge in [0.1, 0.15) is 5.75 Å². The molecule has 2 rings (SSSR count). The van der Waals surface area contributed by atoms with E-state index in [1.807, 2.05) is 12.3 Å². The molecular weight excluding hydrogens is 262 g/mol. The van der Waals surface area contributed by atoms with E-state index in [0.29, 0.717) is 6.04 Å². The van der Waals surface area contributed by atoms with E-state index in [1.165, 1.54) is 11.1 Å². The zero-order valence-electron chi connectivity index (χ0n) is 13.0. The van der Waals surface area contributed by atoms with Crippen LogP contribution in [0.4, 0.5) is 0 Å². The highest BCUT2D eigenvalue weighted by Gasteiger charge is 2.12. The summed E-state index contributed by atoms with van der Waals surface area (Å²) in [6, 6.07) is 10.7. The fourth-order valence-electron chi connectivity index (χ4n) is 2.33. The van der Waals surface area contributed by atoms with Crippen molar-refractivity contribution in [3.05, 3.63) is 54.0 Å². The average Bonchev–Trinajstić information content (AvgIpc) is 3.01. The van der Waals surface area contributed by atoms with Crippen molar-refractivity contribution >= 4 is 0 Å². The molecule has 0 saturated carbocycles. The van der Waals surface area contributed by atoms with Crippen LogP contribution >= 0.6 is 0 Å². The van der Waals surface area contributed by atoms with E-state index in [2.05, 4.69) is 43.4 Å². The summed E-state index contributed by atoms with van der Waals surface area (Å²) in [7, 11) is 0. The molecule has 1 atom stereocenters. The van der Waals surface area contributed by atoms with Gasteiger partial charge < -0.3 is 14.5 Å². The second-order valence-corrected chi connectivity index (χ2v) is 5.22. The van der Waals surface area contributed by atoms with Crippen LogP contribution in [0.15, 0.2) is 47.3 Å². The third-order valence-corrected chi connectivity index (χ3v) is 3.52. The summed E-state index contributed by atoms with van der Waals surface area (Å²) in [5.41, 5.74) is 2.49. The van der Waals surface area contributed by atoms with Gasteiger partial charge in [0.2, 0.25) is 0 Å². The summed E-state index contributed by atoms with van der Waals surface area (Å²) in [5, 5.41) is 3.53. The van der Waals surface area contributed by atoms with E-state index in [-0.39, 0.29) is 0 Å². The molecule has 21 heavy (non-hydrogen) atoms. The molecule has 1 heterocycles. The number of rotatable bonds is 9. The van der Waals surface area contributed by atoms with Crippen LogP contribution in [-0.2, 0) is 6.42 Å². The summed E-state index contributed by atoms with van der Waals surface area (Å²) < 4.78 is 10.9. The van der Waals surface area contributed by atoms with Gasteiger partial charge >= 0.3 is 0 Å². The van der Waals surface area contributed by atoms with E-state index in [9.17, 15) is 0 Å². The maximum atomic E-state index is 5.71. The molecule has 1 aromatic carbocycles. The van der Waals surface area contributed by atoms with Crippen LogP contribution in [-0.4, -0.2) is 13.2 Å². The van der Waals surface area contributed by atoms with Gasteiger partial charge in [-0.05, 0) is 48.7 Å². The van der Waals surface area contributed by atoms with E-state index in [0.717, 1.165) is 38.2 Å². The first-order valence-electron chi connectivity index (χ1n) is 7.80. The van der Waals surface area contributed by atoms with E-state index >= 15 is 0 Å². The summed E-state index contributed by atoms with van der Waals surface area (Å²) in [6.07, 6.45) is 6.73. The Labute approximate surface area is 127 Å². The molecule has 0 bridgehead atoms. The molecule has 0 aliphatic heterocycles. The van der Waals surface area contributed by atoms with Gasteiger partial charge in [-0.2, -0.15) is 0 Å². The van der Waals surface area contributed by atoms with Crippen LogP contribution in [0.5, 0.6) is 5.75 Å². The number of unbranched alkanes of at least 4 members (excludes halogenated alkanes) is 1. The normalized spacial score (nSPS) is 12.3. The van der Waals surface area contributed by atoms with Crippen molar-refractivity contribution in [3.8, 4) is 5.75 Å². The molecule has 1 unspecified atom stereocenters. The highest BCUT2D eigenvalue weighted by Crippen LogP contribution is 2.21. The summed E-state index contributed by atoms with van der Waals surface area (Å²) in [6.45, 7) is 6.03. The molecule has 1 aromatic heterocycles. The first-order valence-corrected chi connectivity index (χ1v) is 7.80. The quantitative estimate of drug-likeness (QED) is 0.696. The van der Waals surface area contributed by atoms with Crippen LogP contribution in [0.3, 0.4) is 0 Å². The smallest absolute Gasteiger partial charge is 0.119 e. The lowest BCUT2D eigenvalue weighted by atomic mass is 10.0. The maximum Gasteiger partial charge on any atom is 0.119 e. The molecule has 1 N–H and O–H groups in total. The minimum atomic E-state index is 0.303. The van der Waals surface area contributed by atoms with Crippen molar-refractivity contribution in [2.75, 3.05) is 13.2 Å². The molecule has 114 valence electrons. The van der Waals surface area contributed by atoms with Gasteiger partial charge in [0, 0.05) is 6.04 Å². The van der Waals surface area contributed by atoms with Crippen LogP contribution in [0.25, 0.3) is 0 Å². The van der Waals surface area contributed by atoms with Crippen LogP contribution in [0.2, 0.25) is 0 Å². The molecule has 0 aliphatic rings. The number of hydrogen-bond donors (Lipinski definition) is 1. The minimum absolute atomic E-state index is 0.303. The van der Waals surface area contributed by atoms with Crippen LogP contribution in [0, 0.1) is 0 Å². The SMILES string of the molecule is CCCCOc1ccc(C(Cc2ccoc2)NCC)cc1. The minimum Gasteiger partial charge on any atom is -0.494 e. The lowest BCUT2D eigenvalue weighted by Crippen LogP contribution is -2.22. The number of likely N-dealkylation sites (N-methyl/N-ethyl adjacent to an activating group) is 1. The highest BCUT2D eigenvalue weighted by atomic mass is 16.5. The zero-order valence-corrected chi connectivity index (χ0v) is 13.0. The molecule has 0 fully saturated rings. The highest BCUT2D eigenvalue weighted by molar-refractivity contribution is 5.30. The molecule has 0 radical (unpaired) electrons. The monoisotopic (exact) mass is 287 g/mol. The Morgan fingerprint density at radius 3 is 2.57 bits per heavy atom. The molecule has 0 aliphatic carbocycles. The molecule has 0 saturated heterocycles. The van der Waals surface area contributed by atoms with Crippen molar-refractivity contribution in [1.29, 1.82) is 0 Å². The van der Waals surface area contributed by atoms with Gasteiger partial charge in [-0.1, -0.05) is 32.4 Å². The Bertz CT molecular complexity index is 490. The molecule has 0 spiro atoms. The Kier molecular flexibility index (Phi) is 6.35. The fraction of sp³-hybridized carbons (Fsp3) is 0.444. The van der Waals surface area contributed by atoms with Crippen molar-refractivity contribution in [2.45, 2.75) is 39.2 Å². The standard InChI is InChI=1S/C18H25NO2/c1-3-5-11-21-17-8-6-16(7-9-17)18(19-4-2)13-15-10-12-20-14-15/h6-10,12,14,18-19H,3-5,11,13H2,1-2H3. The van der Waals surface area contributed by atoms with Gasteiger partial charge in [-0.25, -0.2) is 0 Å². The average molecular weight is 287 g/mol. The van der Waals surface area contributed by atoms with Crippen molar-refractivity contribution in [2.24, 2.45) is 0 Å². The van der Waals surface area contributed by atoms with Crippen molar-refractivity contribution in [3.63, 3.8) is 0 Å². The molecule has 2 aromatic rings. The third-order valence-electron chi connectivity index (χ3n) is 3.52. The Morgan fingerprint density at radius 2 is 1.95 bits per heavy atom. The lowest BCUT2D eigenvalue weighted by molar-refractivity contribution is 0.309. The molecule has 3 heteroatoms. The van der Waals surface area contributed by atoms with Crippen molar-refractivity contribution < 1.29 is 9.15 Å². The molecule has 3 nitrogen and oxygen atoms in total. The number of ether oxygens (including phenoxy) is 1. The second-order valence-electron chi connectivity index (χ2n) is 5.22. The predicted molar refractivity (Wildman–Crippen MR) is 85.7 cm³/mol. The fourth-order valence-corrected chi connectivity index (χ4v) is 2.33. The summed E-state index contributed by atoms with van der Waals surface area (Å²) in [5.74, 6) is 0.950. The van der Waals surface area contributed by atoms with Crippen LogP contribution < -0.4 is 10.1 Å². The summed E-state index contributed by atoms with van der Waals surface area (Å²) in [4.78, 5) is 0. The number of benzene rings is 1. The maximum absolute atomic E-state index is 5.71. The predicted octanol–water partition coefficient (Wildman–Crippen LogP) is 4.35. The van der Waals surface area contributed by atoms with Gasteiger partial charge in [-0.15, -0.1) is 0 Å². The molecular formula is C18H25NO2.